The highest BCUT2D eigenvalue weighted by atomic mass is 32.2. The van der Waals surface area contributed by atoms with E-state index in [0.29, 0.717) is 28.4 Å². The molecule has 0 spiro atoms. The zero-order valence-corrected chi connectivity index (χ0v) is 13.9. The van der Waals surface area contributed by atoms with E-state index in [1.807, 2.05) is 26.8 Å². The first-order valence-corrected chi connectivity index (χ1v) is 8.58. The molecule has 0 saturated heterocycles. The maximum absolute atomic E-state index is 12.0. The second-order valence-corrected chi connectivity index (χ2v) is 7.06. The van der Waals surface area contributed by atoms with Crippen molar-refractivity contribution in [3.05, 3.63) is 21.3 Å². The van der Waals surface area contributed by atoms with Crippen LogP contribution in [-0.2, 0) is 9.53 Å². The molecular formula is C14H18N2O3S2. The lowest BCUT2D eigenvalue weighted by Gasteiger charge is -2.12. The molecule has 0 aliphatic carbocycles. The Morgan fingerprint density at radius 3 is 2.95 bits per heavy atom. The predicted molar refractivity (Wildman–Crippen MR) is 86.2 cm³/mol. The Balaban J connectivity index is 2.21. The standard InChI is InChI=1S/C14H18N2O3S2/c1-4-6-19-13(18)10(5-2)21-14-15-11(17)9-7-8(3)20-12(9)16-14/h7,10H,4-6H2,1-3H3,(H,15,16,17). The van der Waals surface area contributed by atoms with E-state index in [4.69, 9.17) is 4.74 Å². The number of fused-ring (bicyclic) bond motifs is 1. The van der Waals surface area contributed by atoms with Gasteiger partial charge in [-0.1, -0.05) is 25.6 Å². The maximum Gasteiger partial charge on any atom is 0.319 e. The first kappa shape index (κ1) is 16.0. The maximum atomic E-state index is 12.0. The molecule has 2 heterocycles. The Bertz CT molecular complexity index is 693. The number of nitrogens with one attached hydrogen (secondary N) is 1. The van der Waals surface area contributed by atoms with Crippen LogP contribution in [0.5, 0.6) is 0 Å². The van der Waals surface area contributed by atoms with Gasteiger partial charge < -0.3 is 9.72 Å². The van der Waals surface area contributed by atoms with Crippen LogP contribution in [0.1, 0.15) is 31.6 Å². The number of carbonyl (C=O) groups excluding carboxylic acids is 1. The van der Waals surface area contributed by atoms with E-state index in [1.165, 1.54) is 23.1 Å². The third-order valence-corrected chi connectivity index (χ3v) is 5.01. The van der Waals surface area contributed by atoms with Crippen LogP contribution < -0.4 is 5.56 Å². The summed E-state index contributed by atoms with van der Waals surface area (Å²) in [5, 5.41) is 0.719. The fraction of sp³-hybridized carbons (Fsp3) is 0.500. The van der Waals surface area contributed by atoms with Crippen LogP contribution in [0.2, 0.25) is 0 Å². The fourth-order valence-corrected chi connectivity index (χ4v) is 3.65. The van der Waals surface area contributed by atoms with Crippen LogP contribution in [0.15, 0.2) is 16.0 Å². The Morgan fingerprint density at radius 1 is 1.52 bits per heavy atom. The molecule has 0 aliphatic heterocycles. The van der Waals surface area contributed by atoms with E-state index in [-0.39, 0.29) is 16.8 Å². The number of ether oxygens (including phenoxy) is 1. The summed E-state index contributed by atoms with van der Waals surface area (Å²) < 4.78 is 5.16. The zero-order valence-electron chi connectivity index (χ0n) is 12.3. The summed E-state index contributed by atoms with van der Waals surface area (Å²) in [4.78, 5) is 32.8. The van der Waals surface area contributed by atoms with Crippen molar-refractivity contribution < 1.29 is 9.53 Å². The van der Waals surface area contributed by atoms with Crippen LogP contribution in [-0.4, -0.2) is 27.8 Å². The van der Waals surface area contributed by atoms with Crippen LogP contribution >= 0.6 is 23.1 Å². The number of thiophene rings is 1. The van der Waals surface area contributed by atoms with Gasteiger partial charge in [0.25, 0.3) is 5.56 Å². The van der Waals surface area contributed by atoms with Crippen molar-refractivity contribution in [2.75, 3.05) is 6.61 Å². The third-order valence-electron chi connectivity index (χ3n) is 2.84. The van der Waals surface area contributed by atoms with Gasteiger partial charge in [-0.25, -0.2) is 4.98 Å². The van der Waals surface area contributed by atoms with Gasteiger partial charge in [-0.2, -0.15) is 0 Å². The highest BCUT2D eigenvalue weighted by Crippen LogP contribution is 2.26. The molecule has 21 heavy (non-hydrogen) atoms. The minimum Gasteiger partial charge on any atom is -0.465 e. The second kappa shape index (κ2) is 7.09. The van der Waals surface area contributed by atoms with Gasteiger partial charge in [0.05, 0.1) is 12.0 Å². The number of aromatic nitrogens is 2. The molecule has 7 heteroatoms. The quantitative estimate of drug-likeness (QED) is 0.502. The van der Waals surface area contributed by atoms with Crippen molar-refractivity contribution in [2.24, 2.45) is 0 Å². The lowest BCUT2D eigenvalue weighted by molar-refractivity contribution is -0.143. The van der Waals surface area contributed by atoms with E-state index in [2.05, 4.69) is 9.97 Å². The van der Waals surface area contributed by atoms with Gasteiger partial charge in [-0.15, -0.1) is 11.3 Å². The molecule has 0 bridgehead atoms. The highest BCUT2D eigenvalue weighted by Gasteiger charge is 2.21. The van der Waals surface area contributed by atoms with Crippen molar-refractivity contribution in [3.8, 4) is 0 Å². The van der Waals surface area contributed by atoms with Crippen LogP contribution in [0.3, 0.4) is 0 Å². The second-order valence-electron chi connectivity index (χ2n) is 4.63. The summed E-state index contributed by atoms with van der Waals surface area (Å²) in [7, 11) is 0. The van der Waals surface area contributed by atoms with Crippen LogP contribution in [0, 0.1) is 6.92 Å². The summed E-state index contributed by atoms with van der Waals surface area (Å²) in [5.41, 5.74) is -0.163. The summed E-state index contributed by atoms with van der Waals surface area (Å²) >= 11 is 2.73. The molecule has 0 aromatic carbocycles. The Kier molecular flexibility index (Phi) is 5.41. The molecule has 1 atom stereocenters. The minimum atomic E-state index is -0.349. The van der Waals surface area contributed by atoms with Gasteiger partial charge in [0.15, 0.2) is 5.16 Å². The molecular weight excluding hydrogens is 308 g/mol. The number of aromatic amines is 1. The van der Waals surface area contributed by atoms with Gasteiger partial charge in [0.1, 0.15) is 10.1 Å². The van der Waals surface area contributed by atoms with Crippen molar-refractivity contribution in [1.82, 2.24) is 9.97 Å². The lowest BCUT2D eigenvalue weighted by Crippen LogP contribution is -2.21. The number of hydrogen-bond acceptors (Lipinski definition) is 6. The Hall–Kier alpha value is -1.34. The fourth-order valence-electron chi connectivity index (χ4n) is 1.82. The van der Waals surface area contributed by atoms with E-state index in [1.54, 1.807) is 0 Å². The van der Waals surface area contributed by atoms with Gasteiger partial charge in [0, 0.05) is 4.88 Å². The lowest BCUT2D eigenvalue weighted by atomic mass is 10.3. The van der Waals surface area contributed by atoms with Crippen molar-refractivity contribution in [3.63, 3.8) is 0 Å². The number of esters is 1. The molecule has 0 fully saturated rings. The molecule has 114 valence electrons. The van der Waals surface area contributed by atoms with E-state index in [9.17, 15) is 9.59 Å². The van der Waals surface area contributed by atoms with Crippen molar-refractivity contribution >= 4 is 39.3 Å². The zero-order chi connectivity index (χ0) is 15.4. The van der Waals surface area contributed by atoms with Crippen LogP contribution in [0.4, 0.5) is 0 Å². The van der Waals surface area contributed by atoms with Gasteiger partial charge in [0.2, 0.25) is 0 Å². The monoisotopic (exact) mass is 326 g/mol. The molecule has 0 radical (unpaired) electrons. The molecule has 2 aromatic heterocycles. The number of carbonyl (C=O) groups is 1. The average molecular weight is 326 g/mol. The molecule has 1 unspecified atom stereocenters. The third kappa shape index (κ3) is 3.85. The molecule has 2 rings (SSSR count). The summed E-state index contributed by atoms with van der Waals surface area (Å²) in [6.07, 6.45) is 1.42. The van der Waals surface area contributed by atoms with Gasteiger partial charge in [-0.3, -0.25) is 9.59 Å². The topological polar surface area (TPSA) is 72.0 Å². The first-order chi connectivity index (χ1) is 10.0. The largest absolute Gasteiger partial charge is 0.465 e. The van der Waals surface area contributed by atoms with E-state index >= 15 is 0 Å². The number of aryl methyl sites for hydroxylation is 1. The predicted octanol–water partition coefficient (Wildman–Crippen LogP) is 3.12. The molecule has 0 saturated carbocycles. The highest BCUT2D eigenvalue weighted by molar-refractivity contribution is 8.00. The molecule has 0 aliphatic rings. The molecule has 5 nitrogen and oxygen atoms in total. The number of nitrogens with zero attached hydrogens (tertiary/aromatic N) is 1. The smallest absolute Gasteiger partial charge is 0.319 e. The van der Waals surface area contributed by atoms with Gasteiger partial charge >= 0.3 is 5.97 Å². The number of H-pyrrole nitrogens is 1. The van der Waals surface area contributed by atoms with E-state index < -0.39 is 0 Å². The average Bonchev–Trinajstić information content (AvgIpc) is 2.83. The number of rotatable bonds is 6. The van der Waals surface area contributed by atoms with Gasteiger partial charge in [-0.05, 0) is 25.8 Å². The van der Waals surface area contributed by atoms with Crippen molar-refractivity contribution in [2.45, 2.75) is 44.0 Å². The summed E-state index contributed by atoms with van der Waals surface area (Å²) in [6.45, 7) is 6.23. The van der Waals surface area contributed by atoms with E-state index in [0.717, 1.165) is 11.3 Å². The first-order valence-electron chi connectivity index (χ1n) is 6.88. The summed E-state index contributed by atoms with van der Waals surface area (Å²) in [6, 6.07) is 1.83. The molecule has 2 aromatic rings. The number of thioether (sulfide) groups is 1. The molecule has 1 N–H and O–H groups in total. The Morgan fingerprint density at radius 2 is 2.29 bits per heavy atom. The van der Waals surface area contributed by atoms with Crippen molar-refractivity contribution in [1.29, 1.82) is 0 Å². The SMILES string of the molecule is CCCOC(=O)C(CC)Sc1nc2sc(C)cc2c(=O)[nH]1. The number of hydrogen-bond donors (Lipinski definition) is 1. The van der Waals surface area contributed by atoms with Crippen LogP contribution in [0.25, 0.3) is 10.2 Å². The normalized spacial score (nSPS) is 12.5. The minimum absolute atomic E-state index is 0.163. The summed E-state index contributed by atoms with van der Waals surface area (Å²) in [5.74, 6) is -0.255. The Labute approximate surface area is 131 Å². The molecule has 0 amide bonds.